The molecular formula is C12H10F6HfO6S2+2. The Balaban J connectivity index is -0.000000286. The number of alkyl halides is 6. The normalized spacial score (nSPS) is 17.2. The van der Waals surface area contributed by atoms with Gasteiger partial charge in [0, 0.05) is 0 Å². The van der Waals surface area contributed by atoms with E-state index in [1.165, 1.54) is 0 Å². The van der Waals surface area contributed by atoms with Crippen LogP contribution < -0.4 is 0 Å². The first-order valence-corrected chi connectivity index (χ1v) is 8.69. The first kappa shape index (κ1) is 31.9. The molecule has 2 aliphatic carbocycles. The molecule has 0 aromatic rings. The van der Waals surface area contributed by atoms with E-state index in [2.05, 4.69) is 0 Å². The van der Waals surface area contributed by atoms with Gasteiger partial charge in [-0.05, 0) is 64.2 Å². The van der Waals surface area contributed by atoms with Crippen molar-refractivity contribution in [3.63, 3.8) is 0 Å². The number of rotatable bonds is 0. The Labute approximate surface area is 173 Å². The molecule has 27 heavy (non-hydrogen) atoms. The summed E-state index contributed by atoms with van der Waals surface area (Å²) < 4.78 is 118. The minimum Gasteiger partial charge on any atom is -0.741 e. The van der Waals surface area contributed by atoms with Crippen molar-refractivity contribution in [2.45, 2.75) is 11.0 Å². The van der Waals surface area contributed by atoms with Gasteiger partial charge in [0.2, 0.25) is 0 Å². The first-order valence-electron chi connectivity index (χ1n) is 5.88. The van der Waals surface area contributed by atoms with Gasteiger partial charge in [0.05, 0.1) is 0 Å². The summed E-state index contributed by atoms with van der Waals surface area (Å²) >= 11 is 0. The van der Waals surface area contributed by atoms with E-state index in [0.29, 0.717) is 0 Å². The zero-order valence-electron chi connectivity index (χ0n) is 12.8. The molecule has 15 heteroatoms. The monoisotopic (exact) mass is 608 g/mol. The van der Waals surface area contributed by atoms with Crippen LogP contribution in [0.15, 0.2) is 0 Å². The van der Waals surface area contributed by atoms with Gasteiger partial charge in [-0.1, -0.05) is 0 Å². The third-order valence-corrected chi connectivity index (χ3v) is 2.81. The molecule has 2 saturated carbocycles. The second-order valence-electron chi connectivity index (χ2n) is 3.72. The summed E-state index contributed by atoms with van der Waals surface area (Å²) in [6.45, 7) is 0. The Morgan fingerprint density at radius 2 is 0.556 bits per heavy atom. The molecule has 2 aliphatic rings. The summed E-state index contributed by atoms with van der Waals surface area (Å²) in [6.07, 6.45) is 20.0. The number of halogens is 6. The van der Waals surface area contributed by atoms with Crippen LogP contribution in [0.2, 0.25) is 0 Å². The molecule has 6 nitrogen and oxygen atoms in total. The van der Waals surface area contributed by atoms with Crippen LogP contribution in [-0.2, 0) is 46.1 Å². The van der Waals surface area contributed by atoms with Crippen LogP contribution in [0.4, 0.5) is 26.3 Å². The van der Waals surface area contributed by atoms with E-state index < -0.39 is 31.3 Å². The van der Waals surface area contributed by atoms with E-state index in [1.54, 1.807) is 0 Å². The average Bonchev–Trinajstić information content (AvgIpc) is 3.15. The largest absolute Gasteiger partial charge is 4.00 e. The van der Waals surface area contributed by atoms with E-state index in [0.717, 1.165) is 0 Å². The summed E-state index contributed by atoms with van der Waals surface area (Å²) in [5, 5.41) is 0. The van der Waals surface area contributed by atoms with Crippen LogP contribution in [0.25, 0.3) is 0 Å². The molecule has 0 unspecified atom stereocenters. The molecular weight excluding hydrogens is 597 g/mol. The van der Waals surface area contributed by atoms with E-state index in [1.807, 2.05) is 64.2 Å². The van der Waals surface area contributed by atoms with E-state index in [-0.39, 0.29) is 25.8 Å². The molecule has 2 fully saturated rings. The Morgan fingerprint density at radius 1 is 0.481 bits per heavy atom. The van der Waals surface area contributed by atoms with Crippen molar-refractivity contribution >= 4 is 20.2 Å². The van der Waals surface area contributed by atoms with Crippen LogP contribution in [-0.4, -0.2) is 37.0 Å². The van der Waals surface area contributed by atoms with E-state index in [9.17, 15) is 26.3 Å². The third-order valence-electron chi connectivity index (χ3n) is 1.68. The standard InChI is InChI=1S/2C5H5.2CHF3O3S.Hf/c2*1-2-4-5-3-1;2*2-1(3,4)8(5,6)7;/h2*1-5H;2*(H,5,6,7);/q;;;;+4/p-2. The second kappa shape index (κ2) is 14.3. The van der Waals surface area contributed by atoms with Gasteiger partial charge in [-0.2, -0.15) is 26.3 Å². The zero-order chi connectivity index (χ0) is 21.1. The quantitative estimate of drug-likeness (QED) is 0.181. The van der Waals surface area contributed by atoms with Gasteiger partial charge in [0.25, 0.3) is 0 Å². The minimum absolute atomic E-state index is 0. The Bertz CT molecular complexity index is 499. The molecule has 0 aromatic heterocycles. The summed E-state index contributed by atoms with van der Waals surface area (Å²) in [6, 6.07) is 0. The van der Waals surface area contributed by atoms with Crippen LogP contribution in [0.3, 0.4) is 0 Å². The van der Waals surface area contributed by atoms with E-state index >= 15 is 0 Å². The molecule has 0 aromatic carbocycles. The van der Waals surface area contributed by atoms with Gasteiger partial charge in [-0.15, -0.1) is 0 Å². The Morgan fingerprint density at radius 3 is 0.593 bits per heavy atom. The van der Waals surface area contributed by atoms with Crippen molar-refractivity contribution in [1.29, 1.82) is 0 Å². The summed E-state index contributed by atoms with van der Waals surface area (Å²) in [7, 11) is -12.2. The van der Waals surface area contributed by atoms with Crippen LogP contribution >= 0.6 is 0 Å². The number of hydrogen-bond acceptors (Lipinski definition) is 6. The SMILES string of the molecule is O=S(=O)([O-])C(F)(F)F.O=S(=O)([O-])C(F)(F)F.[CH]1[CH][CH][CH][CH]1.[CH]1[CH][CH][CH][CH]1.[Hf+4]. The van der Waals surface area contributed by atoms with Crippen LogP contribution in [0.1, 0.15) is 0 Å². The van der Waals surface area contributed by atoms with Crippen molar-refractivity contribution in [2.24, 2.45) is 0 Å². The van der Waals surface area contributed by atoms with Gasteiger partial charge in [0.1, 0.15) is 0 Å². The van der Waals surface area contributed by atoms with Gasteiger partial charge < -0.3 is 9.11 Å². The zero-order valence-corrected chi connectivity index (χ0v) is 18.0. The molecule has 0 bridgehead atoms. The predicted molar refractivity (Wildman–Crippen MR) is 74.5 cm³/mol. The molecule has 0 atom stereocenters. The molecule has 0 spiro atoms. The van der Waals surface area contributed by atoms with Crippen LogP contribution in [0, 0.1) is 64.2 Å². The second-order valence-corrected chi connectivity index (χ2v) is 6.47. The fourth-order valence-electron chi connectivity index (χ4n) is 0.642. The van der Waals surface area contributed by atoms with Crippen molar-refractivity contribution in [1.82, 2.24) is 0 Å². The molecule has 150 valence electrons. The van der Waals surface area contributed by atoms with Crippen molar-refractivity contribution in [3.8, 4) is 0 Å². The maximum absolute atomic E-state index is 10.7. The fraction of sp³-hybridized carbons (Fsp3) is 0.167. The van der Waals surface area contributed by atoms with Crippen LogP contribution in [0.5, 0.6) is 0 Å². The maximum Gasteiger partial charge on any atom is 4.00 e. The van der Waals surface area contributed by atoms with Gasteiger partial charge in [0.15, 0.2) is 20.2 Å². The molecule has 0 aliphatic heterocycles. The van der Waals surface area contributed by atoms with E-state index in [4.69, 9.17) is 25.9 Å². The molecule has 10 radical (unpaired) electrons. The predicted octanol–water partition coefficient (Wildman–Crippen LogP) is 2.14. The molecule has 2 rings (SSSR count). The molecule has 0 amide bonds. The molecule has 0 N–H and O–H groups in total. The van der Waals surface area contributed by atoms with Crippen molar-refractivity contribution in [2.75, 3.05) is 0 Å². The van der Waals surface area contributed by atoms with Crippen molar-refractivity contribution < 1.29 is 78.1 Å². The Hall–Kier alpha value is 0.270. The topological polar surface area (TPSA) is 114 Å². The first-order chi connectivity index (χ1) is 11.5. The van der Waals surface area contributed by atoms with Gasteiger partial charge in [-0.25, -0.2) is 16.8 Å². The van der Waals surface area contributed by atoms with Gasteiger partial charge in [-0.3, -0.25) is 0 Å². The van der Waals surface area contributed by atoms with Crippen molar-refractivity contribution in [3.05, 3.63) is 64.2 Å². The molecule has 0 saturated heterocycles. The average molecular weight is 607 g/mol. The minimum atomic E-state index is -6.09. The molecule has 0 heterocycles. The summed E-state index contributed by atoms with van der Waals surface area (Å²) in [5.41, 5.74) is -11.3. The summed E-state index contributed by atoms with van der Waals surface area (Å²) in [5.74, 6) is 0. The summed E-state index contributed by atoms with van der Waals surface area (Å²) in [4.78, 5) is 0. The fourth-order valence-corrected chi connectivity index (χ4v) is 0.642. The smallest absolute Gasteiger partial charge is 0.741 e. The van der Waals surface area contributed by atoms with Gasteiger partial charge >= 0.3 is 36.9 Å². The Kier molecular flexibility index (Phi) is 16.9. The number of hydrogen-bond donors (Lipinski definition) is 0. The maximum atomic E-state index is 10.7. The third kappa shape index (κ3) is 19.4.